The van der Waals surface area contributed by atoms with Crippen molar-refractivity contribution in [1.29, 1.82) is 0 Å². The molecule has 1 atom stereocenters. The van der Waals surface area contributed by atoms with Gasteiger partial charge in [0, 0.05) is 32.7 Å². The Morgan fingerprint density at radius 3 is 2.62 bits per heavy atom. The molecular formula is C19H23N5O4S. The van der Waals surface area contributed by atoms with Gasteiger partial charge in [-0.05, 0) is 19.1 Å². The van der Waals surface area contributed by atoms with Gasteiger partial charge < -0.3 is 23.8 Å². The van der Waals surface area contributed by atoms with Gasteiger partial charge >= 0.3 is 0 Å². The van der Waals surface area contributed by atoms with Gasteiger partial charge in [0.05, 0.1) is 5.75 Å². The molecule has 29 heavy (non-hydrogen) atoms. The highest BCUT2D eigenvalue weighted by atomic mass is 32.2. The van der Waals surface area contributed by atoms with E-state index >= 15 is 0 Å². The highest BCUT2D eigenvalue weighted by Gasteiger charge is 2.33. The molecule has 0 spiro atoms. The average Bonchev–Trinajstić information content (AvgIpc) is 3.24. The third-order valence-corrected chi connectivity index (χ3v) is 5.94. The van der Waals surface area contributed by atoms with Crippen LogP contribution in [0.25, 0.3) is 0 Å². The van der Waals surface area contributed by atoms with Crippen molar-refractivity contribution in [2.45, 2.75) is 24.7 Å². The van der Waals surface area contributed by atoms with Crippen LogP contribution in [0.15, 0.2) is 35.7 Å². The van der Waals surface area contributed by atoms with E-state index < -0.39 is 6.10 Å². The van der Waals surface area contributed by atoms with Crippen LogP contribution in [-0.2, 0) is 16.1 Å². The predicted molar refractivity (Wildman–Crippen MR) is 106 cm³/mol. The Morgan fingerprint density at radius 1 is 1.14 bits per heavy atom. The second-order valence-electron chi connectivity index (χ2n) is 6.76. The average molecular weight is 417 g/mol. The van der Waals surface area contributed by atoms with Crippen LogP contribution in [-0.4, -0.2) is 81.0 Å². The Labute approximate surface area is 173 Å². The molecule has 10 heteroatoms. The monoisotopic (exact) mass is 417 g/mol. The first-order valence-corrected chi connectivity index (χ1v) is 10.6. The first-order chi connectivity index (χ1) is 14.2. The van der Waals surface area contributed by atoms with Crippen LogP contribution in [0.1, 0.15) is 6.92 Å². The molecule has 1 fully saturated rings. The Balaban J connectivity index is 1.26. The first kappa shape index (κ1) is 19.6. The van der Waals surface area contributed by atoms with Crippen molar-refractivity contribution in [3.05, 3.63) is 30.6 Å². The van der Waals surface area contributed by atoms with Crippen molar-refractivity contribution in [3.8, 4) is 11.5 Å². The van der Waals surface area contributed by atoms with E-state index in [1.165, 1.54) is 11.8 Å². The summed E-state index contributed by atoms with van der Waals surface area (Å²) in [4.78, 5) is 28.8. The summed E-state index contributed by atoms with van der Waals surface area (Å²) in [6.07, 6.45) is 1.01. The maximum Gasteiger partial charge on any atom is 0.267 e. The number of nitrogens with zero attached hydrogens (tertiary/aromatic N) is 5. The normalized spacial score (nSPS) is 18.6. The zero-order chi connectivity index (χ0) is 20.2. The molecule has 1 aromatic heterocycles. The van der Waals surface area contributed by atoms with E-state index in [4.69, 9.17) is 9.47 Å². The third-order valence-electron chi connectivity index (χ3n) is 4.97. The maximum atomic E-state index is 12.8. The van der Waals surface area contributed by atoms with Crippen molar-refractivity contribution >= 4 is 23.6 Å². The van der Waals surface area contributed by atoms with E-state index in [0.717, 1.165) is 11.7 Å². The molecular weight excluding hydrogens is 394 g/mol. The number of para-hydroxylation sites is 2. The second-order valence-corrected chi connectivity index (χ2v) is 7.70. The van der Waals surface area contributed by atoms with Crippen LogP contribution in [0.2, 0.25) is 0 Å². The number of carbonyl (C=O) groups is 2. The van der Waals surface area contributed by atoms with Crippen LogP contribution in [0, 0.1) is 0 Å². The summed E-state index contributed by atoms with van der Waals surface area (Å²) >= 11 is 1.38. The molecule has 4 rings (SSSR count). The van der Waals surface area contributed by atoms with Gasteiger partial charge in [0.1, 0.15) is 12.9 Å². The minimum atomic E-state index is -0.650. The molecule has 2 aromatic rings. The largest absolute Gasteiger partial charge is 0.485 e. The molecule has 2 aliphatic heterocycles. The molecule has 1 aromatic carbocycles. The van der Waals surface area contributed by atoms with Gasteiger partial charge in [0.15, 0.2) is 16.7 Å². The van der Waals surface area contributed by atoms with Crippen LogP contribution >= 0.6 is 11.8 Å². The lowest BCUT2D eigenvalue weighted by Gasteiger charge is -2.37. The van der Waals surface area contributed by atoms with Gasteiger partial charge in [-0.1, -0.05) is 23.9 Å². The summed E-state index contributed by atoms with van der Waals surface area (Å²) in [5, 5.41) is 8.65. The van der Waals surface area contributed by atoms with Crippen LogP contribution < -0.4 is 9.47 Å². The SMILES string of the molecule is CCn1cnnc1SCC(=O)N1CCN(C(=O)[C@@H]2COc3ccccc3O2)CC1. The molecule has 0 unspecified atom stereocenters. The summed E-state index contributed by atoms with van der Waals surface area (Å²) < 4.78 is 13.4. The van der Waals surface area contributed by atoms with Gasteiger partial charge in [-0.25, -0.2) is 0 Å². The summed E-state index contributed by atoms with van der Waals surface area (Å²) in [6.45, 7) is 4.96. The third kappa shape index (κ3) is 4.31. The number of fused-ring (bicyclic) bond motifs is 1. The quantitative estimate of drug-likeness (QED) is 0.668. The molecule has 1 saturated heterocycles. The van der Waals surface area contributed by atoms with Gasteiger partial charge in [0.25, 0.3) is 5.91 Å². The first-order valence-electron chi connectivity index (χ1n) is 9.61. The second kappa shape index (κ2) is 8.73. The lowest BCUT2D eigenvalue weighted by Crippen LogP contribution is -2.55. The van der Waals surface area contributed by atoms with Crippen LogP contribution in [0.5, 0.6) is 11.5 Å². The number of amides is 2. The van der Waals surface area contributed by atoms with Gasteiger partial charge in [-0.15, -0.1) is 10.2 Å². The fraction of sp³-hybridized carbons (Fsp3) is 0.474. The van der Waals surface area contributed by atoms with E-state index in [9.17, 15) is 9.59 Å². The molecule has 3 heterocycles. The summed E-state index contributed by atoms with van der Waals surface area (Å²) in [5.41, 5.74) is 0. The minimum absolute atomic E-state index is 0.0407. The Morgan fingerprint density at radius 2 is 1.86 bits per heavy atom. The molecule has 2 aliphatic rings. The number of aryl methyl sites for hydroxylation is 1. The lowest BCUT2D eigenvalue weighted by atomic mass is 10.2. The Hall–Kier alpha value is -2.75. The van der Waals surface area contributed by atoms with E-state index in [-0.39, 0.29) is 18.4 Å². The number of rotatable bonds is 5. The van der Waals surface area contributed by atoms with Crippen molar-refractivity contribution in [1.82, 2.24) is 24.6 Å². The summed E-state index contributed by atoms with van der Waals surface area (Å²) in [6, 6.07) is 7.33. The molecule has 0 radical (unpaired) electrons. The van der Waals surface area contributed by atoms with Gasteiger partial charge in [-0.2, -0.15) is 0 Å². The van der Waals surface area contributed by atoms with E-state index in [1.54, 1.807) is 22.2 Å². The maximum absolute atomic E-state index is 12.8. The molecule has 0 bridgehead atoms. The van der Waals surface area contributed by atoms with Crippen molar-refractivity contribution in [2.24, 2.45) is 0 Å². The molecule has 2 amide bonds. The minimum Gasteiger partial charge on any atom is -0.485 e. The number of aromatic nitrogens is 3. The van der Waals surface area contributed by atoms with Gasteiger partial charge in [-0.3, -0.25) is 9.59 Å². The Bertz CT molecular complexity index is 881. The number of hydrogen-bond acceptors (Lipinski definition) is 7. The number of ether oxygens (including phenoxy) is 2. The predicted octanol–water partition coefficient (Wildman–Crippen LogP) is 0.901. The number of carbonyl (C=O) groups excluding carboxylic acids is 2. The van der Waals surface area contributed by atoms with Crippen LogP contribution in [0.3, 0.4) is 0 Å². The van der Waals surface area contributed by atoms with Crippen LogP contribution in [0.4, 0.5) is 0 Å². The molecule has 0 N–H and O–H groups in total. The highest BCUT2D eigenvalue weighted by molar-refractivity contribution is 7.99. The fourth-order valence-electron chi connectivity index (χ4n) is 3.31. The summed E-state index contributed by atoms with van der Waals surface area (Å²) in [7, 11) is 0. The standard InChI is InChI=1S/C19H23N5O4S/c1-2-22-13-20-21-19(22)29-12-17(25)23-7-9-24(10-8-23)18(26)16-11-27-14-5-3-4-6-15(14)28-16/h3-6,13,16H,2,7-12H2,1H3/t16-/m0/s1. The number of benzene rings is 1. The number of thioether (sulfide) groups is 1. The van der Waals surface area contributed by atoms with Crippen molar-refractivity contribution in [3.63, 3.8) is 0 Å². The topological polar surface area (TPSA) is 89.8 Å². The van der Waals surface area contributed by atoms with E-state index in [2.05, 4.69) is 10.2 Å². The smallest absolute Gasteiger partial charge is 0.267 e. The van der Waals surface area contributed by atoms with E-state index in [1.807, 2.05) is 29.7 Å². The summed E-state index contributed by atoms with van der Waals surface area (Å²) in [5.74, 6) is 1.49. The van der Waals surface area contributed by atoms with Gasteiger partial charge in [0.2, 0.25) is 12.0 Å². The molecule has 154 valence electrons. The molecule has 0 saturated carbocycles. The lowest BCUT2D eigenvalue weighted by molar-refractivity contribution is -0.145. The molecule has 0 aliphatic carbocycles. The number of hydrogen-bond donors (Lipinski definition) is 0. The highest BCUT2D eigenvalue weighted by Crippen LogP contribution is 2.31. The van der Waals surface area contributed by atoms with Crippen molar-refractivity contribution in [2.75, 3.05) is 38.5 Å². The molecule has 9 nitrogen and oxygen atoms in total. The Kier molecular flexibility index (Phi) is 5.89. The fourth-order valence-corrected chi connectivity index (χ4v) is 4.19. The van der Waals surface area contributed by atoms with E-state index in [0.29, 0.717) is 43.4 Å². The zero-order valence-electron chi connectivity index (χ0n) is 16.2. The van der Waals surface area contributed by atoms with Crippen molar-refractivity contribution < 1.29 is 19.1 Å². The number of piperazine rings is 1. The zero-order valence-corrected chi connectivity index (χ0v) is 17.0.